The van der Waals surface area contributed by atoms with Crippen LogP contribution in [-0.4, -0.2) is 54.1 Å². The second-order valence-corrected chi connectivity index (χ2v) is 7.66. The van der Waals surface area contributed by atoms with E-state index in [0.717, 1.165) is 17.7 Å². The smallest absolute Gasteiger partial charge is 0.416 e. The summed E-state index contributed by atoms with van der Waals surface area (Å²) in [6, 6.07) is 8.94. The molecular formula is C23H23F3N6O2. The molecule has 178 valence electrons. The third-order valence-corrected chi connectivity index (χ3v) is 5.46. The van der Waals surface area contributed by atoms with E-state index in [1.165, 1.54) is 19.4 Å². The molecule has 1 N–H and O–H groups in total. The second kappa shape index (κ2) is 9.94. The highest BCUT2D eigenvalue weighted by Crippen LogP contribution is 2.32. The lowest BCUT2D eigenvalue weighted by Crippen LogP contribution is -2.47. The molecule has 1 saturated heterocycles. The van der Waals surface area contributed by atoms with E-state index < -0.39 is 11.7 Å². The molecular weight excluding hydrogens is 449 g/mol. The van der Waals surface area contributed by atoms with Crippen LogP contribution in [0.5, 0.6) is 5.88 Å². The number of carbonyl (C=O) groups is 1. The van der Waals surface area contributed by atoms with Crippen LogP contribution in [0.2, 0.25) is 0 Å². The maximum absolute atomic E-state index is 13.0. The number of amides is 1. The maximum Gasteiger partial charge on any atom is 0.416 e. The first-order valence-electron chi connectivity index (χ1n) is 10.6. The van der Waals surface area contributed by atoms with Crippen molar-refractivity contribution in [2.75, 3.05) is 43.1 Å². The molecule has 0 aliphatic carbocycles. The monoisotopic (exact) mass is 472 g/mol. The number of nitrogens with zero attached hydrogens (tertiary/aromatic N) is 5. The summed E-state index contributed by atoms with van der Waals surface area (Å²) in [5, 5.41) is 2.79. The number of rotatable bonds is 6. The molecule has 2 aromatic heterocycles. The van der Waals surface area contributed by atoms with Gasteiger partial charge in [-0.25, -0.2) is 4.98 Å². The van der Waals surface area contributed by atoms with Crippen LogP contribution in [0.25, 0.3) is 0 Å². The predicted molar refractivity (Wildman–Crippen MR) is 120 cm³/mol. The lowest BCUT2D eigenvalue weighted by Gasteiger charge is -2.36. The molecule has 34 heavy (non-hydrogen) atoms. The minimum atomic E-state index is -4.38. The Morgan fingerprint density at radius 1 is 1.09 bits per heavy atom. The van der Waals surface area contributed by atoms with Crippen LogP contribution in [0.1, 0.15) is 21.5 Å². The van der Waals surface area contributed by atoms with Gasteiger partial charge < -0.3 is 19.9 Å². The summed E-state index contributed by atoms with van der Waals surface area (Å²) in [6.07, 6.45) is 0.351. The zero-order valence-electron chi connectivity index (χ0n) is 18.4. The number of hydrogen-bond acceptors (Lipinski definition) is 7. The molecule has 1 aliphatic heterocycles. The van der Waals surface area contributed by atoms with Crippen molar-refractivity contribution in [1.29, 1.82) is 0 Å². The van der Waals surface area contributed by atoms with Gasteiger partial charge in [0.1, 0.15) is 5.56 Å². The number of alkyl halides is 3. The maximum atomic E-state index is 13.0. The fourth-order valence-corrected chi connectivity index (χ4v) is 3.64. The Bertz CT molecular complexity index is 1140. The molecule has 1 aliphatic rings. The van der Waals surface area contributed by atoms with Crippen LogP contribution < -0.4 is 19.9 Å². The molecule has 0 spiro atoms. The first-order valence-corrected chi connectivity index (χ1v) is 10.6. The largest absolute Gasteiger partial charge is 0.480 e. The van der Waals surface area contributed by atoms with Gasteiger partial charge in [-0.1, -0.05) is 12.1 Å². The van der Waals surface area contributed by atoms with Gasteiger partial charge in [0.15, 0.2) is 0 Å². The molecule has 0 bridgehead atoms. The first-order chi connectivity index (χ1) is 16.3. The summed E-state index contributed by atoms with van der Waals surface area (Å²) in [6.45, 7) is 2.31. The van der Waals surface area contributed by atoms with Gasteiger partial charge in [0, 0.05) is 57.0 Å². The average molecular weight is 472 g/mol. The highest BCUT2D eigenvalue weighted by molar-refractivity contribution is 5.96. The molecule has 0 radical (unpaired) electrons. The first kappa shape index (κ1) is 23.3. The van der Waals surface area contributed by atoms with E-state index in [0.29, 0.717) is 44.4 Å². The van der Waals surface area contributed by atoms with Crippen LogP contribution in [0.4, 0.5) is 24.8 Å². The van der Waals surface area contributed by atoms with Crippen LogP contribution in [-0.2, 0) is 12.7 Å². The number of benzene rings is 1. The van der Waals surface area contributed by atoms with Crippen LogP contribution in [0.3, 0.4) is 0 Å². The predicted octanol–water partition coefficient (Wildman–Crippen LogP) is 3.16. The lowest BCUT2D eigenvalue weighted by molar-refractivity contribution is -0.137. The second-order valence-electron chi connectivity index (χ2n) is 7.66. The van der Waals surface area contributed by atoms with Gasteiger partial charge >= 0.3 is 6.18 Å². The van der Waals surface area contributed by atoms with Crippen molar-refractivity contribution in [1.82, 2.24) is 20.3 Å². The number of ether oxygens (including phenoxy) is 1. The Hall–Kier alpha value is -3.89. The number of pyridine rings is 1. The van der Waals surface area contributed by atoms with E-state index in [4.69, 9.17) is 4.74 Å². The Morgan fingerprint density at radius 3 is 2.53 bits per heavy atom. The quantitative estimate of drug-likeness (QED) is 0.590. The Morgan fingerprint density at radius 2 is 1.85 bits per heavy atom. The minimum Gasteiger partial charge on any atom is -0.480 e. The van der Waals surface area contributed by atoms with Crippen molar-refractivity contribution in [3.05, 3.63) is 71.7 Å². The van der Waals surface area contributed by atoms with Crippen molar-refractivity contribution in [2.45, 2.75) is 12.7 Å². The number of halogens is 3. The van der Waals surface area contributed by atoms with Crippen molar-refractivity contribution in [3.8, 4) is 5.88 Å². The third-order valence-electron chi connectivity index (χ3n) is 5.46. The van der Waals surface area contributed by atoms with E-state index in [9.17, 15) is 18.0 Å². The molecule has 0 saturated carbocycles. The molecule has 3 heterocycles. The summed E-state index contributed by atoms with van der Waals surface area (Å²) in [5.74, 6) is 0.167. The van der Waals surface area contributed by atoms with Crippen LogP contribution in [0, 0.1) is 0 Å². The van der Waals surface area contributed by atoms with Gasteiger partial charge in [0.25, 0.3) is 5.91 Å². The number of aromatic nitrogens is 3. The summed E-state index contributed by atoms with van der Waals surface area (Å²) in [4.78, 5) is 29.1. The van der Waals surface area contributed by atoms with Gasteiger partial charge in [-0.15, -0.1) is 0 Å². The van der Waals surface area contributed by atoms with E-state index >= 15 is 0 Å². The normalized spacial score (nSPS) is 14.1. The third kappa shape index (κ3) is 5.36. The van der Waals surface area contributed by atoms with Crippen molar-refractivity contribution < 1.29 is 22.7 Å². The van der Waals surface area contributed by atoms with Crippen LogP contribution >= 0.6 is 0 Å². The lowest BCUT2D eigenvalue weighted by atomic mass is 10.1. The standard InChI is InChI=1S/C23H23F3N6O2/c1-34-21-19(20(33)28-14-16-4-3-7-27-13-16)15-29-22(30-21)32-10-8-31(9-11-32)18-6-2-5-17(12-18)23(24,25)26/h2-7,12-13,15H,8-11,14H2,1H3,(H,28,33). The summed E-state index contributed by atoms with van der Waals surface area (Å²) in [7, 11) is 1.43. The summed E-state index contributed by atoms with van der Waals surface area (Å²) >= 11 is 0. The zero-order chi connectivity index (χ0) is 24.1. The number of methoxy groups -OCH3 is 1. The van der Waals surface area contributed by atoms with Gasteiger partial charge in [-0.2, -0.15) is 18.2 Å². The highest BCUT2D eigenvalue weighted by Gasteiger charge is 2.31. The number of anilines is 2. The molecule has 3 aromatic rings. The van der Waals surface area contributed by atoms with E-state index in [1.807, 2.05) is 15.9 Å². The molecule has 0 atom stereocenters. The minimum absolute atomic E-state index is 0.147. The van der Waals surface area contributed by atoms with Gasteiger partial charge in [-0.3, -0.25) is 9.78 Å². The summed E-state index contributed by atoms with van der Waals surface area (Å²) < 4.78 is 44.4. The fraction of sp³-hybridized carbons (Fsp3) is 0.304. The molecule has 1 aromatic carbocycles. The molecule has 4 rings (SSSR count). The topological polar surface area (TPSA) is 83.5 Å². The molecule has 0 unspecified atom stereocenters. The molecule has 1 amide bonds. The SMILES string of the molecule is COc1nc(N2CCN(c3cccc(C(F)(F)F)c3)CC2)ncc1C(=O)NCc1cccnc1. The molecule has 1 fully saturated rings. The summed E-state index contributed by atoms with van der Waals surface area (Å²) in [5.41, 5.74) is 0.912. The zero-order valence-corrected chi connectivity index (χ0v) is 18.4. The van der Waals surface area contributed by atoms with Crippen LogP contribution in [0.15, 0.2) is 55.0 Å². The highest BCUT2D eigenvalue weighted by atomic mass is 19.4. The van der Waals surface area contributed by atoms with E-state index in [1.54, 1.807) is 24.5 Å². The number of nitrogens with one attached hydrogen (secondary N) is 1. The Kier molecular flexibility index (Phi) is 6.80. The Labute approximate surface area is 194 Å². The fourth-order valence-electron chi connectivity index (χ4n) is 3.64. The Balaban J connectivity index is 1.40. The average Bonchev–Trinajstić information content (AvgIpc) is 2.87. The van der Waals surface area contributed by atoms with Gasteiger partial charge in [-0.05, 0) is 29.8 Å². The molecule has 8 nitrogen and oxygen atoms in total. The number of carbonyl (C=O) groups excluding carboxylic acids is 1. The van der Waals surface area contributed by atoms with Gasteiger partial charge in [0.05, 0.1) is 12.7 Å². The van der Waals surface area contributed by atoms with Crippen molar-refractivity contribution in [2.24, 2.45) is 0 Å². The number of hydrogen-bond donors (Lipinski definition) is 1. The van der Waals surface area contributed by atoms with Crippen molar-refractivity contribution >= 4 is 17.5 Å². The van der Waals surface area contributed by atoms with E-state index in [-0.39, 0.29) is 17.4 Å². The number of piperazine rings is 1. The van der Waals surface area contributed by atoms with E-state index in [2.05, 4.69) is 20.3 Å². The molecule has 11 heteroatoms. The van der Waals surface area contributed by atoms with Gasteiger partial charge in [0.2, 0.25) is 11.8 Å². The van der Waals surface area contributed by atoms with Crippen molar-refractivity contribution in [3.63, 3.8) is 0 Å².